The number of hydrogen-bond acceptors (Lipinski definition) is 2. The lowest BCUT2D eigenvalue weighted by Crippen LogP contribution is -1.72. The first-order valence-electron chi connectivity index (χ1n) is 1.83. The molecule has 1 rings (SSSR count). The van der Waals surface area contributed by atoms with Gasteiger partial charge in [-0.15, -0.1) is 0 Å². The third-order valence-electron chi connectivity index (χ3n) is 0.612. The lowest BCUT2D eigenvalue weighted by molar-refractivity contribution is 0.607. The summed E-state index contributed by atoms with van der Waals surface area (Å²) in [6.45, 7) is 3.40. The third kappa shape index (κ3) is 4.06. The Morgan fingerprint density at radius 3 is 2.00 bits per heavy atom. The normalized spacial score (nSPS) is 27.2. The van der Waals surface area contributed by atoms with Gasteiger partial charge in [0, 0.05) is 12.6 Å². The highest BCUT2D eigenvalue weighted by atomic mass is 31.0. The SMILES string of the molecule is CC1CN1.O=P. The van der Waals surface area contributed by atoms with Gasteiger partial charge in [-0.1, -0.05) is 0 Å². The molecule has 1 N–H and O–H groups in total. The van der Waals surface area contributed by atoms with Crippen molar-refractivity contribution in [3.63, 3.8) is 0 Å². The highest BCUT2D eigenvalue weighted by Gasteiger charge is 2.10. The van der Waals surface area contributed by atoms with Crippen LogP contribution in [0.3, 0.4) is 0 Å². The fourth-order valence-electron chi connectivity index (χ4n) is 0.118. The van der Waals surface area contributed by atoms with Gasteiger partial charge >= 0.3 is 0 Å². The molecule has 0 bridgehead atoms. The summed E-state index contributed by atoms with van der Waals surface area (Å²) in [7, 11) is 1.72. The van der Waals surface area contributed by atoms with Crippen LogP contribution in [-0.4, -0.2) is 12.6 Å². The molecule has 0 amide bonds. The van der Waals surface area contributed by atoms with E-state index in [2.05, 4.69) is 12.2 Å². The van der Waals surface area contributed by atoms with Crippen molar-refractivity contribution < 1.29 is 4.57 Å². The molecule has 0 aromatic heterocycles. The zero-order valence-corrected chi connectivity index (χ0v) is 4.69. The molecule has 0 spiro atoms. The van der Waals surface area contributed by atoms with Crippen molar-refractivity contribution in [1.29, 1.82) is 0 Å². The Hall–Kier alpha value is 0.0600. The van der Waals surface area contributed by atoms with Crippen LogP contribution in [0.15, 0.2) is 0 Å². The highest BCUT2D eigenvalue weighted by molar-refractivity contribution is 7.00. The van der Waals surface area contributed by atoms with Crippen LogP contribution in [-0.2, 0) is 4.57 Å². The van der Waals surface area contributed by atoms with Gasteiger partial charge in [0.15, 0.2) is 0 Å². The number of hydrogen-bond donors (Lipinski definition) is 1. The Labute approximate surface area is 39.6 Å². The zero-order chi connectivity index (χ0) is 4.99. The van der Waals surface area contributed by atoms with Crippen molar-refractivity contribution in [2.24, 2.45) is 0 Å². The second kappa shape index (κ2) is 3.26. The minimum atomic E-state index is 0.833. The van der Waals surface area contributed by atoms with Gasteiger partial charge < -0.3 is 5.32 Å². The molecule has 0 radical (unpaired) electrons. The molecule has 2 nitrogen and oxygen atoms in total. The van der Waals surface area contributed by atoms with Crippen LogP contribution in [0.25, 0.3) is 0 Å². The summed E-state index contributed by atoms with van der Waals surface area (Å²) in [4.78, 5) is 0. The van der Waals surface area contributed by atoms with Gasteiger partial charge in [-0.3, -0.25) is 4.57 Å². The van der Waals surface area contributed by atoms with E-state index in [1.54, 1.807) is 9.12 Å². The Balaban J connectivity index is 0.000000112. The molecule has 0 aliphatic carbocycles. The average Bonchev–Trinajstić information content (AvgIpc) is 2.30. The predicted octanol–water partition coefficient (Wildman–Crippen LogP) is 0.453. The molecular formula is C3H8NOP. The minimum absolute atomic E-state index is 0.833. The summed E-state index contributed by atoms with van der Waals surface area (Å²) >= 11 is 0. The van der Waals surface area contributed by atoms with Crippen molar-refractivity contribution in [2.75, 3.05) is 6.54 Å². The predicted molar refractivity (Wildman–Crippen MR) is 26.5 cm³/mol. The van der Waals surface area contributed by atoms with E-state index in [0.717, 1.165) is 6.04 Å². The van der Waals surface area contributed by atoms with Gasteiger partial charge in [0.05, 0.1) is 0 Å². The molecule has 1 aliphatic heterocycles. The quantitative estimate of drug-likeness (QED) is 0.359. The number of rotatable bonds is 0. The molecule has 0 saturated carbocycles. The molecule has 1 saturated heterocycles. The maximum atomic E-state index is 8.06. The van der Waals surface area contributed by atoms with E-state index in [0.29, 0.717) is 0 Å². The van der Waals surface area contributed by atoms with Crippen LogP contribution in [0, 0.1) is 0 Å². The van der Waals surface area contributed by atoms with Crippen molar-refractivity contribution in [3.05, 3.63) is 0 Å². The Morgan fingerprint density at radius 2 is 2.00 bits per heavy atom. The van der Waals surface area contributed by atoms with E-state index in [1.165, 1.54) is 6.54 Å². The van der Waals surface area contributed by atoms with E-state index in [1.807, 2.05) is 0 Å². The molecular weight excluding hydrogens is 97.0 g/mol. The molecule has 36 valence electrons. The van der Waals surface area contributed by atoms with Gasteiger partial charge in [0.2, 0.25) is 0 Å². The maximum absolute atomic E-state index is 8.06. The maximum Gasteiger partial charge on any atom is 0.138 e. The first-order valence-corrected chi connectivity index (χ1v) is 2.24. The summed E-state index contributed by atoms with van der Waals surface area (Å²) in [5.74, 6) is 0. The summed E-state index contributed by atoms with van der Waals surface area (Å²) in [6.07, 6.45) is 0. The van der Waals surface area contributed by atoms with E-state index < -0.39 is 0 Å². The van der Waals surface area contributed by atoms with Crippen molar-refractivity contribution in [3.8, 4) is 0 Å². The molecule has 1 heterocycles. The fraction of sp³-hybridized carbons (Fsp3) is 1.00. The van der Waals surface area contributed by atoms with Crippen LogP contribution < -0.4 is 5.32 Å². The van der Waals surface area contributed by atoms with E-state index >= 15 is 0 Å². The third-order valence-corrected chi connectivity index (χ3v) is 0.612. The van der Waals surface area contributed by atoms with Crippen molar-refractivity contribution in [2.45, 2.75) is 13.0 Å². The molecule has 1 unspecified atom stereocenters. The van der Waals surface area contributed by atoms with Gasteiger partial charge in [0.25, 0.3) is 0 Å². The first kappa shape index (κ1) is 6.06. The summed E-state index contributed by atoms with van der Waals surface area (Å²) in [5.41, 5.74) is 0. The fourth-order valence-corrected chi connectivity index (χ4v) is 0.118. The van der Waals surface area contributed by atoms with Crippen molar-refractivity contribution in [1.82, 2.24) is 5.32 Å². The average molecular weight is 105 g/mol. The Bertz CT molecular complexity index is 37.8. The summed E-state index contributed by atoms with van der Waals surface area (Å²) < 4.78 is 8.06. The van der Waals surface area contributed by atoms with Crippen LogP contribution >= 0.6 is 9.12 Å². The lowest BCUT2D eigenvalue weighted by Gasteiger charge is -1.53. The second-order valence-corrected chi connectivity index (χ2v) is 1.31. The first-order chi connectivity index (χ1) is 2.89. The van der Waals surface area contributed by atoms with E-state index in [4.69, 9.17) is 4.57 Å². The lowest BCUT2D eigenvalue weighted by atomic mass is 10.6. The van der Waals surface area contributed by atoms with E-state index in [9.17, 15) is 0 Å². The topological polar surface area (TPSA) is 39.0 Å². The van der Waals surface area contributed by atoms with Gasteiger partial charge in [-0.05, 0) is 6.92 Å². The molecule has 1 fully saturated rings. The standard InChI is InChI=1S/C3H7N.HOP/c1-3-2-4-3;1-2/h3-4H,2H2,1H3;2H. The monoisotopic (exact) mass is 105 g/mol. The highest BCUT2D eigenvalue weighted by Crippen LogP contribution is 1.88. The Morgan fingerprint density at radius 1 is 1.83 bits per heavy atom. The molecule has 1 atom stereocenters. The van der Waals surface area contributed by atoms with Crippen LogP contribution in [0.4, 0.5) is 0 Å². The summed E-state index contributed by atoms with van der Waals surface area (Å²) in [5, 5.41) is 3.10. The summed E-state index contributed by atoms with van der Waals surface area (Å²) in [6, 6.07) is 0.833. The van der Waals surface area contributed by atoms with Crippen LogP contribution in [0.5, 0.6) is 0 Å². The zero-order valence-electron chi connectivity index (χ0n) is 3.69. The smallest absolute Gasteiger partial charge is 0.138 e. The molecule has 3 heteroatoms. The van der Waals surface area contributed by atoms with Crippen LogP contribution in [0.2, 0.25) is 0 Å². The van der Waals surface area contributed by atoms with Gasteiger partial charge in [-0.2, -0.15) is 0 Å². The van der Waals surface area contributed by atoms with Gasteiger partial charge in [0.1, 0.15) is 9.12 Å². The van der Waals surface area contributed by atoms with E-state index in [-0.39, 0.29) is 0 Å². The van der Waals surface area contributed by atoms with Crippen LogP contribution in [0.1, 0.15) is 6.92 Å². The molecule has 0 aromatic rings. The minimum Gasteiger partial charge on any atom is -0.311 e. The van der Waals surface area contributed by atoms with Gasteiger partial charge in [-0.25, -0.2) is 0 Å². The molecule has 1 aliphatic rings. The molecule has 0 aromatic carbocycles. The molecule has 6 heavy (non-hydrogen) atoms. The number of nitrogens with one attached hydrogen (secondary N) is 1. The Kier molecular flexibility index (Phi) is 3.29. The largest absolute Gasteiger partial charge is 0.311 e. The second-order valence-electron chi connectivity index (χ2n) is 1.31. The van der Waals surface area contributed by atoms with Crippen molar-refractivity contribution >= 4 is 9.12 Å².